The van der Waals surface area contributed by atoms with Gasteiger partial charge < -0.3 is 5.11 Å². The largest absolute Gasteiger partial charge is 0.478 e. The molecule has 0 bridgehead atoms. The summed E-state index contributed by atoms with van der Waals surface area (Å²) in [6.07, 6.45) is 1.70. The van der Waals surface area contributed by atoms with E-state index in [1.54, 1.807) is 13.0 Å². The normalized spacial score (nSPS) is 11.9. The molecule has 0 aromatic heterocycles. The number of hydrogen-bond acceptors (Lipinski definition) is 1. The lowest BCUT2D eigenvalue weighted by atomic mass is 10.1. The molecule has 0 aliphatic heterocycles. The Morgan fingerprint density at radius 2 is 1.76 bits per heavy atom. The number of carbonyl (C=O) groups is 1. The fraction of sp³-hybridized carbons (Fsp3) is 0.357. The van der Waals surface area contributed by atoms with Gasteiger partial charge in [0, 0.05) is 16.5 Å². The van der Waals surface area contributed by atoms with E-state index >= 15 is 0 Å². The monoisotopic (exact) mass is 251 g/mol. The van der Waals surface area contributed by atoms with E-state index in [0.29, 0.717) is 16.5 Å². The van der Waals surface area contributed by atoms with Crippen LogP contribution in [0.25, 0.3) is 6.08 Å². The van der Waals surface area contributed by atoms with Gasteiger partial charge in [0.2, 0.25) is 0 Å². The molecule has 0 spiro atoms. The zero-order chi connectivity index (χ0) is 12.8. The molecule has 0 amide bonds. The molecule has 0 unspecified atom stereocenters. The number of benzene rings is 1. The summed E-state index contributed by atoms with van der Waals surface area (Å²) in [5, 5.41) is 8.80. The highest BCUT2D eigenvalue weighted by Crippen LogP contribution is 2.16. The molecule has 3 heteroatoms. The highest BCUT2D eigenvalue weighted by molar-refractivity contribution is 7.96. The maximum absolute atomic E-state index is 10.7. The summed E-state index contributed by atoms with van der Waals surface area (Å²) < 4.78 is 0. The van der Waals surface area contributed by atoms with Crippen molar-refractivity contribution in [3.8, 4) is 0 Å². The standard InChI is InChI=1S/C14H18O2S/c1-4-17(5-2)13-8-6-12(7-9-13)10-11(3)14(15)16/h6-10H,4-5H2,1-3H3/p+1. The Morgan fingerprint density at radius 1 is 1.24 bits per heavy atom. The van der Waals surface area contributed by atoms with E-state index in [1.165, 1.54) is 16.4 Å². The first kappa shape index (κ1) is 13.8. The third kappa shape index (κ3) is 3.93. The van der Waals surface area contributed by atoms with Crippen LogP contribution in [0.2, 0.25) is 0 Å². The van der Waals surface area contributed by atoms with Crippen LogP contribution in [0, 0.1) is 0 Å². The lowest BCUT2D eigenvalue weighted by Crippen LogP contribution is -2.07. The van der Waals surface area contributed by atoms with E-state index < -0.39 is 5.97 Å². The summed E-state index contributed by atoms with van der Waals surface area (Å²) in [7, 11) is 0.331. The molecule has 0 atom stereocenters. The van der Waals surface area contributed by atoms with Crippen LogP contribution >= 0.6 is 0 Å². The maximum Gasteiger partial charge on any atom is 0.331 e. The van der Waals surface area contributed by atoms with Gasteiger partial charge in [-0.05, 0) is 56.7 Å². The molecule has 0 fully saturated rings. The van der Waals surface area contributed by atoms with Crippen LogP contribution in [0.1, 0.15) is 26.3 Å². The first-order valence-electron chi connectivity index (χ1n) is 5.77. The van der Waals surface area contributed by atoms with Crippen LogP contribution in [0.5, 0.6) is 0 Å². The van der Waals surface area contributed by atoms with Crippen molar-refractivity contribution in [1.29, 1.82) is 0 Å². The molecule has 0 aliphatic carbocycles. The first-order chi connectivity index (χ1) is 8.08. The Kier molecular flexibility index (Phi) is 5.29. The minimum Gasteiger partial charge on any atom is -0.478 e. The SMILES string of the molecule is CC[S+](CC)c1ccc(C=C(C)C(=O)O)cc1. The molecule has 0 radical (unpaired) electrons. The average Bonchev–Trinajstić information content (AvgIpc) is 2.32. The van der Waals surface area contributed by atoms with Crippen LogP contribution in [-0.2, 0) is 15.7 Å². The van der Waals surface area contributed by atoms with E-state index in [0.717, 1.165) is 5.56 Å². The Hall–Kier alpha value is -1.22. The molecule has 1 aromatic rings. The highest BCUT2D eigenvalue weighted by atomic mass is 32.2. The number of hydrogen-bond donors (Lipinski definition) is 1. The van der Waals surface area contributed by atoms with Gasteiger partial charge in [-0.1, -0.05) is 0 Å². The fourth-order valence-electron chi connectivity index (χ4n) is 1.61. The van der Waals surface area contributed by atoms with E-state index in [4.69, 9.17) is 5.11 Å². The van der Waals surface area contributed by atoms with Gasteiger partial charge >= 0.3 is 5.97 Å². The molecule has 0 saturated carbocycles. The van der Waals surface area contributed by atoms with E-state index in [9.17, 15) is 4.79 Å². The first-order valence-corrected chi connectivity index (χ1v) is 7.34. The van der Waals surface area contributed by atoms with Gasteiger partial charge in [-0.15, -0.1) is 0 Å². The van der Waals surface area contributed by atoms with E-state index in [2.05, 4.69) is 26.0 Å². The zero-order valence-electron chi connectivity index (χ0n) is 10.6. The highest BCUT2D eigenvalue weighted by Gasteiger charge is 2.15. The van der Waals surface area contributed by atoms with Crippen molar-refractivity contribution in [2.24, 2.45) is 0 Å². The Morgan fingerprint density at radius 3 is 2.18 bits per heavy atom. The molecule has 1 aromatic carbocycles. The van der Waals surface area contributed by atoms with Crippen LogP contribution in [0.4, 0.5) is 0 Å². The van der Waals surface area contributed by atoms with Crippen LogP contribution in [0.3, 0.4) is 0 Å². The van der Waals surface area contributed by atoms with Crippen LogP contribution in [0.15, 0.2) is 34.7 Å². The zero-order valence-corrected chi connectivity index (χ0v) is 11.4. The molecule has 17 heavy (non-hydrogen) atoms. The molecule has 0 heterocycles. The summed E-state index contributed by atoms with van der Waals surface area (Å²) in [5.74, 6) is 1.47. The molecule has 1 rings (SSSR count). The third-order valence-corrected chi connectivity index (χ3v) is 4.96. The van der Waals surface area contributed by atoms with Crippen molar-refractivity contribution in [2.45, 2.75) is 25.7 Å². The quantitative estimate of drug-likeness (QED) is 0.644. The fourth-order valence-corrected chi connectivity index (χ4v) is 3.20. The molecule has 2 nitrogen and oxygen atoms in total. The van der Waals surface area contributed by atoms with E-state index in [-0.39, 0.29) is 0 Å². The second kappa shape index (κ2) is 6.50. The second-order valence-corrected chi connectivity index (χ2v) is 6.38. The lowest BCUT2D eigenvalue weighted by molar-refractivity contribution is -0.132. The summed E-state index contributed by atoms with van der Waals surface area (Å²) >= 11 is 0. The van der Waals surface area contributed by atoms with Gasteiger partial charge in [-0.3, -0.25) is 0 Å². The Bertz CT molecular complexity index is 403. The lowest BCUT2D eigenvalue weighted by Gasteiger charge is -2.03. The van der Waals surface area contributed by atoms with Gasteiger partial charge in [0.05, 0.1) is 0 Å². The third-order valence-electron chi connectivity index (χ3n) is 2.63. The summed E-state index contributed by atoms with van der Waals surface area (Å²) in [6, 6.07) is 8.20. The van der Waals surface area contributed by atoms with Crippen molar-refractivity contribution >= 4 is 22.9 Å². The van der Waals surface area contributed by atoms with Gasteiger partial charge in [0.15, 0.2) is 4.90 Å². The van der Waals surface area contributed by atoms with Crippen LogP contribution in [-0.4, -0.2) is 22.6 Å². The van der Waals surface area contributed by atoms with Crippen molar-refractivity contribution in [3.63, 3.8) is 0 Å². The molecule has 1 N–H and O–H groups in total. The second-order valence-electron chi connectivity index (χ2n) is 3.77. The molecular formula is C14H19O2S+. The number of carboxylic acid groups (broad SMARTS) is 1. The molecular weight excluding hydrogens is 232 g/mol. The predicted octanol–water partition coefficient (Wildman–Crippen LogP) is 3.19. The summed E-state index contributed by atoms with van der Waals surface area (Å²) in [6.45, 7) is 6.02. The average molecular weight is 251 g/mol. The van der Waals surface area contributed by atoms with Crippen molar-refractivity contribution in [2.75, 3.05) is 11.5 Å². The molecule has 0 saturated heterocycles. The maximum atomic E-state index is 10.7. The van der Waals surface area contributed by atoms with Gasteiger partial charge in [0.1, 0.15) is 11.5 Å². The van der Waals surface area contributed by atoms with Crippen molar-refractivity contribution in [1.82, 2.24) is 0 Å². The topological polar surface area (TPSA) is 37.3 Å². The van der Waals surface area contributed by atoms with Crippen molar-refractivity contribution in [3.05, 3.63) is 35.4 Å². The Labute approximate surface area is 106 Å². The van der Waals surface area contributed by atoms with Gasteiger partial charge in [-0.25, -0.2) is 4.79 Å². The van der Waals surface area contributed by atoms with Crippen LogP contribution < -0.4 is 0 Å². The summed E-state index contributed by atoms with van der Waals surface area (Å²) in [4.78, 5) is 12.1. The minimum absolute atomic E-state index is 0.331. The molecule has 92 valence electrons. The van der Waals surface area contributed by atoms with Crippen molar-refractivity contribution < 1.29 is 9.90 Å². The van der Waals surface area contributed by atoms with Gasteiger partial charge in [-0.2, -0.15) is 0 Å². The number of carboxylic acids is 1. The Balaban J connectivity index is 2.88. The smallest absolute Gasteiger partial charge is 0.331 e. The molecule has 0 aliphatic rings. The number of aliphatic carboxylic acids is 1. The summed E-state index contributed by atoms with van der Waals surface area (Å²) in [5.41, 5.74) is 1.31. The minimum atomic E-state index is -0.865. The van der Waals surface area contributed by atoms with E-state index in [1.807, 2.05) is 12.1 Å². The predicted molar refractivity (Wildman–Crippen MR) is 74.4 cm³/mol. The number of rotatable bonds is 5. The van der Waals surface area contributed by atoms with Gasteiger partial charge in [0.25, 0.3) is 0 Å².